The summed E-state index contributed by atoms with van der Waals surface area (Å²) in [7, 11) is 0. The van der Waals surface area contributed by atoms with Crippen LogP contribution in [0.5, 0.6) is 0 Å². The van der Waals surface area contributed by atoms with Crippen LogP contribution < -0.4 is 4.90 Å². The second-order valence-electron chi connectivity index (χ2n) is 18.5. The van der Waals surface area contributed by atoms with Crippen LogP contribution in [0, 0.1) is 0 Å². The number of hydrogen-bond acceptors (Lipinski definition) is 1. The number of fused-ring (bicyclic) bond motifs is 5. The van der Waals surface area contributed by atoms with E-state index in [2.05, 4.69) is 152 Å². The molecule has 0 atom stereocenters. The van der Waals surface area contributed by atoms with E-state index in [0.717, 1.165) is 0 Å². The molecule has 0 aliphatic heterocycles. The Morgan fingerprint density at radius 2 is 1.04 bits per heavy atom. The van der Waals surface area contributed by atoms with Crippen molar-refractivity contribution >= 4 is 38.6 Å². The minimum atomic E-state index is -0.0375. The summed E-state index contributed by atoms with van der Waals surface area (Å²) in [6, 6.07) is 52.7. The van der Waals surface area contributed by atoms with Crippen LogP contribution in [0.4, 0.5) is 17.1 Å². The van der Waals surface area contributed by atoms with Crippen LogP contribution in [0.25, 0.3) is 43.8 Å². The van der Waals surface area contributed by atoms with Crippen molar-refractivity contribution in [2.75, 3.05) is 4.90 Å². The average Bonchev–Trinajstić information content (AvgIpc) is 4.10. The highest BCUT2D eigenvalue weighted by Crippen LogP contribution is 2.53. The van der Waals surface area contributed by atoms with Gasteiger partial charge in [0.05, 0.1) is 5.69 Å². The van der Waals surface area contributed by atoms with E-state index in [9.17, 15) is 0 Å². The van der Waals surface area contributed by atoms with Crippen LogP contribution in [-0.4, -0.2) is 0 Å². The van der Waals surface area contributed by atoms with Crippen LogP contribution in [0.2, 0.25) is 0 Å². The molecule has 7 aromatic carbocycles. The third kappa shape index (κ3) is 6.03. The maximum atomic E-state index is 2.65. The summed E-state index contributed by atoms with van der Waals surface area (Å²) in [5.41, 5.74) is 16.6. The zero-order valence-electron chi connectivity index (χ0n) is 33.9. The first-order valence-corrected chi connectivity index (χ1v) is 22.2. The zero-order chi connectivity index (χ0) is 38.1. The van der Waals surface area contributed by atoms with Crippen molar-refractivity contribution in [3.05, 3.63) is 161 Å². The van der Waals surface area contributed by atoms with Crippen LogP contribution in [0.1, 0.15) is 136 Å². The zero-order valence-corrected chi connectivity index (χ0v) is 33.9. The minimum Gasteiger partial charge on any atom is -0.310 e. The van der Waals surface area contributed by atoms with Crippen molar-refractivity contribution in [3.8, 4) is 22.3 Å². The molecule has 4 aliphatic rings. The number of rotatable bonds is 7. The molecule has 0 radical (unpaired) electrons. The molecular formula is C56H55N. The van der Waals surface area contributed by atoms with Gasteiger partial charge in [-0.2, -0.15) is 0 Å². The molecular weight excluding hydrogens is 687 g/mol. The van der Waals surface area contributed by atoms with Gasteiger partial charge in [0.15, 0.2) is 0 Å². The average molecular weight is 742 g/mol. The first-order valence-electron chi connectivity index (χ1n) is 22.2. The number of nitrogens with zero attached hydrogens (tertiary/aromatic N) is 1. The summed E-state index contributed by atoms with van der Waals surface area (Å²) >= 11 is 0. The lowest BCUT2D eigenvalue weighted by molar-refractivity contribution is 0.660. The summed E-state index contributed by atoms with van der Waals surface area (Å²) in [4.78, 5) is 2.65. The first-order chi connectivity index (χ1) is 28.0. The second-order valence-corrected chi connectivity index (χ2v) is 18.5. The van der Waals surface area contributed by atoms with Crippen molar-refractivity contribution in [1.29, 1.82) is 0 Å². The summed E-state index contributed by atoms with van der Waals surface area (Å²) < 4.78 is 0. The monoisotopic (exact) mass is 741 g/mol. The molecule has 0 unspecified atom stereocenters. The highest BCUT2D eigenvalue weighted by molar-refractivity contribution is 6.07. The van der Waals surface area contributed by atoms with E-state index >= 15 is 0 Å². The van der Waals surface area contributed by atoms with Crippen LogP contribution in [-0.2, 0) is 5.41 Å². The van der Waals surface area contributed by atoms with Gasteiger partial charge in [0.2, 0.25) is 0 Å². The van der Waals surface area contributed by atoms with E-state index < -0.39 is 0 Å². The van der Waals surface area contributed by atoms with Gasteiger partial charge in [-0.1, -0.05) is 149 Å². The van der Waals surface area contributed by atoms with Crippen LogP contribution >= 0.6 is 0 Å². The molecule has 0 spiro atoms. The Labute approximate surface area is 339 Å². The topological polar surface area (TPSA) is 3.24 Å². The Morgan fingerprint density at radius 3 is 1.77 bits per heavy atom. The molecule has 3 saturated carbocycles. The molecule has 3 fully saturated rings. The number of benzene rings is 7. The standard InChI is InChI=1S/C56H55N/c1-56(2)52-22-12-11-21-50(52)51-36-47(28-29-53(51)56)57(48-34-45(38-15-5-6-16-38)33-46(35-48)39-17-7-8-18-39)54-30-27-40-19-9-10-20-49(40)55(54)44-26-25-42-31-41(23-24-43(42)32-44)37-13-3-4-14-37/h9-12,19-39H,3-8,13-18H2,1-2H3. The van der Waals surface area contributed by atoms with Crippen molar-refractivity contribution in [1.82, 2.24) is 0 Å². The highest BCUT2D eigenvalue weighted by Gasteiger charge is 2.36. The van der Waals surface area contributed by atoms with E-state index in [0.29, 0.717) is 17.8 Å². The Hall–Kier alpha value is -5.14. The van der Waals surface area contributed by atoms with E-state index in [1.54, 1.807) is 11.1 Å². The van der Waals surface area contributed by atoms with Gasteiger partial charge in [-0.3, -0.25) is 0 Å². The van der Waals surface area contributed by atoms with Gasteiger partial charge in [0, 0.05) is 22.4 Å². The van der Waals surface area contributed by atoms with Crippen molar-refractivity contribution in [3.63, 3.8) is 0 Å². The summed E-state index contributed by atoms with van der Waals surface area (Å²) in [5, 5.41) is 5.26. The smallest absolute Gasteiger partial charge is 0.0546 e. The molecule has 0 heterocycles. The molecule has 1 heteroatoms. The molecule has 0 N–H and O–H groups in total. The Kier molecular flexibility index (Phi) is 8.64. The van der Waals surface area contributed by atoms with Gasteiger partial charge in [-0.25, -0.2) is 0 Å². The molecule has 1 nitrogen and oxygen atoms in total. The molecule has 284 valence electrons. The van der Waals surface area contributed by atoms with Gasteiger partial charge in [-0.15, -0.1) is 0 Å². The SMILES string of the molecule is CC1(C)c2ccccc2-c2cc(N(c3cc(C4CCCC4)cc(C4CCCC4)c3)c3ccc4ccccc4c3-c3ccc4cc(C5CCCC5)ccc4c3)ccc21. The second kappa shape index (κ2) is 14.1. The number of anilines is 3. The van der Waals surface area contributed by atoms with Gasteiger partial charge in [0.25, 0.3) is 0 Å². The van der Waals surface area contributed by atoms with Gasteiger partial charge in [-0.05, 0) is 159 Å². The lowest BCUT2D eigenvalue weighted by Crippen LogP contribution is -2.16. The Morgan fingerprint density at radius 1 is 0.439 bits per heavy atom. The fourth-order valence-electron chi connectivity index (χ4n) is 11.7. The molecule has 4 aliphatic carbocycles. The van der Waals surface area contributed by atoms with Gasteiger partial charge >= 0.3 is 0 Å². The molecule has 0 amide bonds. The van der Waals surface area contributed by atoms with E-state index in [-0.39, 0.29) is 5.41 Å². The maximum absolute atomic E-state index is 2.65. The fraction of sp³-hybridized carbons (Fsp3) is 0.321. The summed E-state index contributed by atoms with van der Waals surface area (Å²) in [5.74, 6) is 2.00. The van der Waals surface area contributed by atoms with Crippen LogP contribution in [0.15, 0.2) is 133 Å². The van der Waals surface area contributed by atoms with Crippen LogP contribution in [0.3, 0.4) is 0 Å². The van der Waals surface area contributed by atoms with Gasteiger partial charge < -0.3 is 4.90 Å². The highest BCUT2D eigenvalue weighted by atomic mass is 15.1. The largest absolute Gasteiger partial charge is 0.310 e. The van der Waals surface area contributed by atoms with Crippen molar-refractivity contribution in [2.24, 2.45) is 0 Å². The molecule has 11 rings (SSSR count). The third-order valence-electron chi connectivity index (χ3n) is 14.8. The molecule has 0 aromatic heterocycles. The quantitative estimate of drug-likeness (QED) is 0.157. The molecule has 0 saturated heterocycles. The first kappa shape index (κ1) is 35.1. The van der Waals surface area contributed by atoms with Crippen molar-refractivity contribution in [2.45, 2.75) is 114 Å². The lowest BCUT2D eigenvalue weighted by atomic mass is 9.82. The minimum absolute atomic E-state index is 0.0375. The maximum Gasteiger partial charge on any atom is 0.0546 e. The van der Waals surface area contributed by atoms with E-state index in [1.165, 1.54) is 155 Å². The molecule has 7 aromatic rings. The third-order valence-corrected chi connectivity index (χ3v) is 14.8. The Bertz CT molecular complexity index is 2610. The summed E-state index contributed by atoms with van der Waals surface area (Å²) in [6.07, 6.45) is 16.0. The molecule has 0 bridgehead atoms. The molecule has 57 heavy (non-hydrogen) atoms. The summed E-state index contributed by atoms with van der Waals surface area (Å²) in [6.45, 7) is 4.79. The van der Waals surface area contributed by atoms with E-state index in [4.69, 9.17) is 0 Å². The van der Waals surface area contributed by atoms with E-state index in [1.807, 2.05) is 0 Å². The number of hydrogen-bond donors (Lipinski definition) is 0. The normalized spacial score (nSPS) is 18.1. The van der Waals surface area contributed by atoms with Gasteiger partial charge in [0.1, 0.15) is 0 Å². The lowest BCUT2D eigenvalue weighted by Gasteiger charge is -2.31. The fourth-order valence-corrected chi connectivity index (χ4v) is 11.7. The van der Waals surface area contributed by atoms with Crippen molar-refractivity contribution < 1.29 is 0 Å². The Balaban J connectivity index is 1.15. The predicted molar refractivity (Wildman–Crippen MR) is 243 cm³/mol. The predicted octanol–water partition coefficient (Wildman–Crippen LogP) is 16.4.